The van der Waals surface area contributed by atoms with E-state index in [0.29, 0.717) is 24.8 Å². The summed E-state index contributed by atoms with van der Waals surface area (Å²) in [5.41, 5.74) is 5.94. The lowest BCUT2D eigenvalue weighted by Crippen LogP contribution is -2.29. The third-order valence-electron chi connectivity index (χ3n) is 2.82. The van der Waals surface area contributed by atoms with Gasteiger partial charge >= 0.3 is 0 Å². The summed E-state index contributed by atoms with van der Waals surface area (Å²) in [6, 6.07) is 4.75. The van der Waals surface area contributed by atoms with E-state index in [4.69, 9.17) is 5.73 Å². The summed E-state index contributed by atoms with van der Waals surface area (Å²) in [6.45, 7) is 0.670. The van der Waals surface area contributed by atoms with Crippen molar-refractivity contribution in [3.05, 3.63) is 33.9 Å². The number of nitro groups is 1. The van der Waals surface area contributed by atoms with Crippen molar-refractivity contribution < 1.29 is 9.72 Å². The first-order valence-electron chi connectivity index (χ1n) is 6.15. The van der Waals surface area contributed by atoms with Crippen molar-refractivity contribution in [3.63, 3.8) is 0 Å². The minimum Gasteiger partial charge on any atom is -0.377 e. The Balaban J connectivity index is 0.00000200. The Kier molecular flexibility index (Phi) is 5.72. The number of amides is 1. The van der Waals surface area contributed by atoms with E-state index >= 15 is 0 Å². The molecule has 1 fully saturated rings. The lowest BCUT2D eigenvalue weighted by molar-refractivity contribution is -0.384. The van der Waals surface area contributed by atoms with Crippen LogP contribution in [0.25, 0.3) is 0 Å². The van der Waals surface area contributed by atoms with Crippen LogP contribution in [0, 0.1) is 10.1 Å². The molecule has 1 saturated carbocycles. The van der Waals surface area contributed by atoms with Crippen LogP contribution in [0.2, 0.25) is 0 Å². The van der Waals surface area contributed by atoms with Crippen LogP contribution in [0.3, 0.4) is 0 Å². The average Bonchev–Trinajstić information content (AvgIpc) is 3.20. The van der Waals surface area contributed by atoms with Gasteiger partial charge in [0.25, 0.3) is 11.6 Å². The molecule has 20 heavy (non-hydrogen) atoms. The van der Waals surface area contributed by atoms with Gasteiger partial charge in [-0.05, 0) is 25.0 Å². The lowest BCUT2D eigenvalue weighted by atomic mass is 10.1. The molecule has 0 heterocycles. The molecule has 2 rings (SSSR count). The molecule has 1 aliphatic rings. The molecule has 0 atom stereocenters. The summed E-state index contributed by atoms with van der Waals surface area (Å²) >= 11 is 0. The molecular weight excluding hydrogens is 284 g/mol. The maximum absolute atomic E-state index is 11.7. The van der Waals surface area contributed by atoms with Crippen molar-refractivity contribution in [2.75, 3.05) is 18.4 Å². The molecule has 0 bridgehead atoms. The minimum atomic E-state index is -0.482. The van der Waals surface area contributed by atoms with E-state index in [1.165, 1.54) is 6.07 Å². The number of hydrogen-bond donors (Lipinski definition) is 3. The van der Waals surface area contributed by atoms with E-state index in [1.807, 2.05) is 0 Å². The lowest BCUT2D eigenvalue weighted by Gasteiger charge is -2.08. The normalized spacial score (nSPS) is 13.2. The highest BCUT2D eigenvalue weighted by Crippen LogP contribution is 2.31. The fourth-order valence-corrected chi connectivity index (χ4v) is 1.68. The van der Waals surface area contributed by atoms with Crippen molar-refractivity contribution in [3.8, 4) is 0 Å². The molecule has 0 aliphatic heterocycles. The first kappa shape index (κ1) is 16.2. The minimum absolute atomic E-state index is 0. The van der Waals surface area contributed by atoms with Crippen LogP contribution in [0.5, 0.6) is 0 Å². The van der Waals surface area contributed by atoms with Crippen molar-refractivity contribution in [1.29, 1.82) is 0 Å². The highest BCUT2D eigenvalue weighted by Gasteiger charge is 2.25. The topological polar surface area (TPSA) is 110 Å². The van der Waals surface area contributed by atoms with Crippen LogP contribution in [0.1, 0.15) is 23.2 Å². The molecule has 0 unspecified atom stereocenters. The van der Waals surface area contributed by atoms with Crippen LogP contribution < -0.4 is 16.4 Å². The van der Waals surface area contributed by atoms with Crippen LogP contribution in [-0.4, -0.2) is 30.0 Å². The van der Waals surface area contributed by atoms with Gasteiger partial charge in [-0.25, -0.2) is 0 Å². The zero-order chi connectivity index (χ0) is 13.8. The second kappa shape index (κ2) is 7.06. The van der Waals surface area contributed by atoms with Gasteiger partial charge in [0.1, 0.15) is 5.69 Å². The number of hydrogen-bond acceptors (Lipinski definition) is 5. The largest absolute Gasteiger partial charge is 0.377 e. The molecule has 1 aromatic rings. The number of nitrogens with zero attached hydrogens (tertiary/aromatic N) is 1. The maximum Gasteiger partial charge on any atom is 0.293 e. The van der Waals surface area contributed by atoms with Crippen molar-refractivity contribution >= 4 is 29.7 Å². The van der Waals surface area contributed by atoms with Crippen molar-refractivity contribution in [2.45, 2.75) is 18.9 Å². The molecular formula is C12H17ClN4O3. The monoisotopic (exact) mass is 300 g/mol. The zero-order valence-corrected chi connectivity index (χ0v) is 11.6. The molecule has 0 saturated heterocycles. The second-order valence-corrected chi connectivity index (χ2v) is 4.45. The number of carbonyl (C=O) groups is 1. The van der Waals surface area contributed by atoms with Crippen LogP contribution >= 0.6 is 12.4 Å². The molecule has 0 radical (unpaired) electrons. The van der Waals surface area contributed by atoms with Gasteiger partial charge in [-0.1, -0.05) is 0 Å². The Morgan fingerprint density at radius 2 is 2.15 bits per heavy atom. The molecule has 1 aliphatic carbocycles. The second-order valence-electron chi connectivity index (χ2n) is 4.45. The number of benzene rings is 1. The highest BCUT2D eigenvalue weighted by molar-refractivity contribution is 5.95. The van der Waals surface area contributed by atoms with Gasteiger partial charge in [0, 0.05) is 30.8 Å². The van der Waals surface area contributed by atoms with Gasteiger partial charge < -0.3 is 16.4 Å². The van der Waals surface area contributed by atoms with Crippen molar-refractivity contribution in [1.82, 2.24) is 5.32 Å². The van der Waals surface area contributed by atoms with Crippen molar-refractivity contribution in [2.24, 2.45) is 5.73 Å². The summed E-state index contributed by atoms with van der Waals surface area (Å²) < 4.78 is 0. The summed E-state index contributed by atoms with van der Waals surface area (Å²) in [5.74, 6) is -0.355. The van der Waals surface area contributed by atoms with Crippen LogP contribution in [-0.2, 0) is 0 Å². The summed E-state index contributed by atoms with van der Waals surface area (Å²) in [4.78, 5) is 22.3. The SMILES string of the molecule is Cl.NCCNC(=O)c1ccc(NC2CC2)c([N+](=O)[O-])c1. The maximum atomic E-state index is 11.7. The Bertz CT molecular complexity index is 505. The standard InChI is InChI=1S/C12H16N4O3.ClH/c13-5-6-14-12(17)8-1-4-10(15-9-2-3-9)11(7-8)16(18)19;/h1,4,7,9,15H,2-3,5-6,13H2,(H,14,17);1H. The van der Waals surface area contributed by atoms with Gasteiger partial charge in [0.05, 0.1) is 4.92 Å². The van der Waals surface area contributed by atoms with E-state index in [-0.39, 0.29) is 29.6 Å². The summed E-state index contributed by atoms with van der Waals surface area (Å²) in [6.07, 6.45) is 2.05. The Labute approximate surface area is 122 Å². The molecule has 0 spiro atoms. The number of anilines is 1. The first-order chi connectivity index (χ1) is 9.11. The molecule has 4 N–H and O–H groups in total. The van der Waals surface area contributed by atoms with Gasteiger partial charge in [0.2, 0.25) is 0 Å². The summed E-state index contributed by atoms with van der Waals surface area (Å²) in [7, 11) is 0. The number of carbonyl (C=O) groups excluding carboxylic acids is 1. The number of rotatable bonds is 6. The number of nitrogens with two attached hydrogens (primary N) is 1. The van der Waals surface area contributed by atoms with Crippen LogP contribution in [0.4, 0.5) is 11.4 Å². The Morgan fingerprint density at radius 3 is 2.70 bits per heavy atom. The van der Waals surface area contributed by atoms with Gasteiger partial charge in [-0.2, -0.15) is 0 Å². The fourth-order valence-electron chi connectivity index (χ4n) is 1.68. The predicted molar refractivity (Wildman–Crippen MR) is 78.4 cm³/mol. The van der Waals surface area contributed by atoms with E-state index in [9.17, 15) is 14.9 Å². The summed E-state index contributed by atoms with van der Waals surface area (Å²) in [5, 5.41) is 16.7. The molecule has 7 nitrogen and oxygen atoms in total. The van der Waals surface area contributed by atoms with E-state index in [0.717, 1.165) is 12.8 Å². The Hall–Kier alpha value is -1.86. The molecule has 8 heteroatoms. The highest BCUT2D eigenvalue weighted by atomic mass is 35.5. The van der Waals surface area contributed by atoms with E-state index < -0.39 is 4.92 Å². The molecule has 1 aromatic carbocycles. The fraction of sp³-hybridized carbons (Fsp3) is 0.417. The molecule has 0 aromatic heterocycles. The quantitative estimate of drug-likeness (QED) is 0.541. The Morgan fingerprint density at radius 1 is 1.45 bits per heavy atom. The molecule has 110 valence electrons. The van der Waals surface area contributed by atoms with E-state index in [1.54, 1.807) is 12.1 Å². The van der Waals surface area contributed by atoms with Crippen LogP contribution in [0.15, 0.2) is 18.2 Å². The third-order valence-corrected chi connectivity index (χ3v) is 2.82. The van der Waals surface area contributed by atoms with Gasteiger partial charge in [0.15, 0.2) is 0 Å². The number of halogens is 1. The molecule has 1 amide bonds. The number of nitrogens with one attached hydrogen (secondary N) is 2. The predicted octanol–water partition coefficient (Wildman–Crippen LogP) is 1.28. The zero-order valence-electron chi connectivity index (χ0n) is 10.8. The van der Waals surface area contributed by atoms with E-state index in [2.05, 4.69) is 10.6 Å². The smallest absolute Gasteiger partial charge is 0.293 e. The third kappa shape index (κ3) is 4.07. The van der Waals surface area contributed by atoms with Gasteiger partial charge in [-0.3, -0.25) is 14.9 Å². The number of nitro benzene ring substituents is 1. The first-order valence-corrected chi connectivity index (χ1v) is 6.15. The van der Waals surface area contributed by atoms with Gasteiger partial charge in [-0.15, -0.1) is 12.4 Å². The average molecular weight is 301 g/mol.